The third kappa shape index (κ3) is 5.33. The highest BCUT2D eigenvalue weighted by Gasteiger charge is 2.13. The van der Waals surface area contributed by atoms with Gasteiger partial charge in [-0.3, -0.25) is 4.79 Å². The number of allylic oxidation sites excluding steroid dienone is 3. The summed E-state index contributed by atoms with van der Waals surface area (Å²) in [6.07, 6.45) is 5.90. The normalized spacial score (nSPS) is 10.7. The van der Waals surface area contributed by atoms with Gasteiger partial charge in [0.2, 0.25) is 0 Å². The average molecular weight is 401 g/mol. The van der Waals surface area contributed by atoms with Crippen LogP contribution in [0.1, 0.15) is 35.3 Å². The molecule has 1 N–H and O–H groups in total. The minimum atomic E-state index is -0.249. The first-order valence-electron chi connectivity index (χ1n) is 7.92. The number of phenolic OH excluding ortho intramolecular Hbond substituents is 1. The van der Waals surface area contributed by atoms with E-state index in [0.717, 1.165) is 15.6 Å². The standard InChI is InChI=1S/C21H21BrO3/c1-14(2)4-8-16-12-18(20(24)13-21(16)25-3)19(23)11-7-15-5-9-17(22)10-6-15/h4-7,9-13,24H,8H2,1-3H3/b11-7+. The first kappa shape index (κ1) is 19.0. The Morgan fingerprint density at radius 2 is 1.88 bits per heavy atom. The molecule has 0 aliphatic heterocycles. The quantitative estimate of drug-likeness (QED) is 0.391. The monoisotopic (exact) mass is 400 g/mol. The Morgan fingerprint density at radius 3 is 2.48 bits per heavy atom. The molecule has 0 amide bonds. The van der Waals surface area contributed by atoms with Gasteiger partial charge in [0.1, 0.15) is 11.5 Å². The van der Waals surface area contributed by atoms with Crippen LogP contribution in [0.4, 0.5) is 0 Å². The molecular formula is C21H21BrO3. The molecule has 0 saturated carbocycles. The van der Waals surface area contributed by atoms with Crippen molar-refractivity contribution < 1.29 is 14.6 Å². The van der Waals surface area contributed by atoms with Crippen LogP contribution in [-0.4, -0.2) is 18.0 Å². The average Bonchev–Trinajstić information content (AvgIpc) is 2.59. The predicted octanol–water partition coefficient (Wildman–Crippen LogP) is 5.57. The van der Waals surface area contributed by atoms with Gasteiger partial charge in [-0.25, -0.2) is 0 Å². The lowest BCUT2D eigenvalue weighted by Crippen LogP contribution is -1.99. The molecule has 2 aromatic rings. The number of ketones is 1. The van der Waals surface area contributed by atoms with Gasteiger partial charge in [0.15, 0.2) is 5.78 Å². The molecule has 4 heteroatoms. The van der Waals surface area contributed by atoms with Gasteiger partial charge in [-0.05, 0) is 55.7 Å². The number of carbonyl (C=O) groups excluding carboxylic acids is 1. The lowest BCUT2D eigenvalue weighted by atomic mass is 10.0. The van der Waals surface area contributed by atoms with E-state index in [4.69, 9.17) is 4.74 Å². The summed E-state index contributed by atoms with van der Waals surface area (Å²) < 4.78 is 6.29. The van der Waals surface area contributed by atoms with Crippen molar-refractivity contribution in [2.45, 2.75) is 20.3 Å². The SMILES string of the molecule is COc1cc(O)c(C(=O)/C=C/c2ccc(Br)cc2)cc1CC=C(C)C. The van der Waals surface area contributed by atoms with Crippen molar-refractivity contribution in [2.75, 3.05) is 7.11 Å². The molecule has 0 radical (unpaired) electrons. The van der Waals surface area contributed by atoms with E-state index in [1.165, 1.54) is 17.7 Å². The largest absolute Gasteiger partial charge is 0.507 e. The van der Waals surface area contributed by atoms with Crippen LogP contribution in [0.5, 0.6) is 11.5 Å². The second-order valence-corrected chi connectivity index (χ2v) is 6.83. The number of phenols is 1. The third-order valence-corrected chi connectivity index (χ3v) is 4.22. The van der Waals surface area contributed by atoms with Crippen LogP contribution in [0.25, 0.3) is 6.08 Å². The summed E-state index contributed by atoms with van der Waals surface area (Å²) in [5.41, 5.74) is 3.22. The maximum Gasteiger partial charge on any atom is 0.189 e. The van der Waals surface area contributed by atoms with Gasteiger partial charge in [-0.1, -0.05) is 45.8 Å². The Kier molecular flexibility index (Phi) is 6.59. The smallest absolute Gasteiger partial charge is 0.189 e. The van der Waals surface area contributed by atoms with Crippen LogP contribution < -0.4 is 4.74 Å². The fourth-order valence-corrected chi connectivity index (χ4v) is 2.57. The predicted molar refractivity (Wildman–Crippen MR) is 105 cm³/mol. The van der Waals surface area contributed by atoms with Crippen LogP contribution in [0.3, 0.4) is 0 Å². The molecular weight excluding hydrogens is 380 g/mol. The van der Waals surface area contributed by atoms with Crippen molar-refractivity contribution in [2.24, 2.45) is 0 Å². The van der Waals surface area contributed by atoms with Crippen molar-refractivity contribution >= 4 is 27.8 Å². The molecule has 2 aromatic carbocycles. The molecule has 3 nitrogen and oxygen atoms in total. The number of hydrogen-bond acceptors (Lipinski definition) is 3. The minimum Gasteiger partial charge on any atom is -0.507 e. The topological polar surface area (TPSA) is 46.5 Å². The number of benzene rings is 2. The van der Waals surface area contributed by atoms with Crippen LogP contribution in [0.2, 0.25) is 0 Å². The fraction of sp³-hybridized carbons (Fsp3) is 0.190. The Bertz CT molecular complexity index is 814. The van der Waals surface area contributed by atoms with Crippen LogP contribution in [-0.2, 0) is 6.42 Å². The summed E-state index contributed by atoms with van der Waals surface area (Å²) in [4.78, 5) is 12.5. The Morgan fingerprint density at radius 1 is 1.20 bits per heavy atom. The molecule has 0 heterocycles. The molecule has 25 heavy (non-hydrogen) atoms. The van der Waals surface area contributed by atoms with Crippen molar-refractivity contribution in [1.29, 1.82) is 0 Å². The maximum atomic E-state index is 12.5. The molecule has 0 spiro atoms. The van der Waals surface area contributed by atoms with Gasteiger partial charge < -0.3 is 9.84 Å². The Balaban J connectivity index is 2.30. The minimum absolute atomic E-state index is 0.0803. The summed E-state index contributed by atoms with van der Waals surface area (Å²) in [6, 6.07) is 10.8. The van der Waals surface area contributed by atoms with Crippen molar-refractivity contribution in [3.05, 3.63) is 75.3 Å². The number of methoxy groups -OCH3 is 1. The van der Waals surface area contributed by atoms with Crippen LogP contribution in [0, 0.1) is 0 Å². The Hall–Kier alpha value is -2.33. The first-order chi connectivity index (χ1) is 11.9. The highest BCUT2D eigenvalue weighted by Crippen LogP contribution is 2.30. The van der Waals surface area contributed by atoms with E-state index in [2.05, 4.69) is 22.0 Å². The molecule has 0 bridgehead atoms. The van der Waals surface area contributed by atoms with E-state index in [1.807, 2.05) is 38.1 Å². The van der Waals surface area contributed by atoms with E-state index >= 15 is 0 Å². The summed E-state index contributed by atoms with van der Waals surface area (Å²) in [5.74, 6) is 0.244. The van der Waals surface area contributed by atoms with E-state index in [1.54, 1.807) is 19.3 Å². The van der Waals surface area contributed by atoms with E-state index < -0.39 is 0 Å². The van der Waals surface area contributed by atoms with Crippen LogP contribution >= 0.6 is 15.9 Å². The summed E-state index contributed by atoms with van der Waals surface area (Å²) in [5, 5.41) is 10.2. The van der Waals surface area contributed by atoms with E-state index in [-0.39, 0.29) is 17.1 Å². The fourth-order valence-electron chi connectivity index (χ4n) is 2.31. The Labute approximate surface area is 156 Å². The second-order valence-electron chi connectivity index (χ2n) is 5.92. The number of hydrogen-bond donors (Lipinski definition) is 1. The second kappa shape index (κ2) is 8.67. The van der Waals surface area contributed by atoms with Gasteiger partial charge in [0.05, 0.1) is 12.7 Å². The van der Waals surface area contributed by atoms with Crippen molar-refractivity contribution in [3.63, 3.8) is 0 Å². The van der Waals surface area contributed by atoms with Crippen molar-refractivity contribution in [3.8, 4) is 11.5 Å². The lowest BCUT2D eigenvalue weighted by Gasteiger charge is -2.10. The maximum absolute atomic E-state index is 12.5. The van der Waals surface area contributed by atoms with E-state index in [0.29, 0.717) is 12.2 Å². The number of carbonyl (C=O) groups is 1. The summed E-state index contributed by atoms with van der Waals surface area (Å²) >= 11 is 3.38. The summed E-state index contributed by atoms with van der Waals surface area (Å²) in [6.45, 7) is 4.03. The van der Waals surface area contributed by atoms with Crippen LogP contribution in [0.15, 0.2) is 58.6 Å². The van der Waals surface area contributed by atoms with Crippen molar-refractivity contribution in [1.82, 2.24) is 0 Å². The number of aromatic hydroxyl groups is 1. The summed E-state index contributed by atoms with van der Waals surface area (Å²) in [7, 11) is 1.55. The molecule has 130 valence electrons. The number of ether oxygens (including phenoxy) is 1. The van der Waals surface area contributed by atoms with Gasteiger partial charge in [0, 0.05) is 10.5 Å². The third-order valence-electron chi connectivity index (χ3n) is 3.69. The molecule has 0 unspecified atom stereocenters. The highest BCUT2D eigenvalue weighted by molar-refractivity contribution is 9.10. The zero-order chi connectivity index (χ0) is 18.4. The molecule has 0 fully saturated rings. The first-order valence-corrected chi connectivity index (χ1v) is 8.71. The highest BCUT2D eigenvalue weighted by atomic mass is 79.9. The molecule has 0 aromatic heterocycles. The molecule has 2 rings (SSSR count). The van der Waals surface area contributed by atoms with Gasteiger partial charge >= 0.3 is 0 Å². The molecule has 0 aliphatic carbocycles. The molecule has 0 atom stereocenters. The van der Waals surface area contributed by atoms with Gasteiger partial charge in [0.25, 0.3) is 0 Å². The van der Waals surface area contributed by atoms with E-state index in [9.17, 15) is 9.90 Å². The lowest BCUT2D eigenvalue weighted by molar-refractivity contribution is 0.104. The molecule has 0 saturated heterocycles. The van der Waals surface area contributed by atoms with Gasteiger partial charge in [-0.2, -0.15) is 0 Å². The van der Waals surface area contributed by atoms with Gasteiger partial charge in [-0.15, -0.1) is 0 Å². The molecule has 0 aliphatic rings. The number of rotatable bonds is 6. The zero-order valence-corrected chi connectivity index (χ0v) is 16.1. The zero-order valence-electron chi connectivity index (χ0n) is 14.5. The number of halogens is 1.